The zero-order valence-corrected chi connectivity index (χ0v) is 10.3. The fourth-order valence-corrected chi connectivity index (χ4v) is 0.708. The third kappa shape index (κ3) is 7.09. The third-order valence-electron chi connectivity index (χ3n) is 1.38. The maximum absolute atomic E-state index is 10.7. The van der Waals surface area contributed by atoms with Gasteiger partial charge in [0.15, 0.2) is 5.78 Å². The van der Waals surface area contributed by atoms with Crippen LogP contribution >= 0.6 is 0 Å². The van der Waals surface area contributed by atoms with Gasteiger partial charge in [-0.1, -0.05) is 13.3 Å². The van der Waals surface area contributed by atoms with Crippen LogP contribution in [0.25, 0.3) is 0 Å². The van der Waals surface area contributed by atoms with Crippen molar-refractivity contribution in [2.24, 2.45) is 0 Å². The molecule has 0 saturated heterocycles. The van der Waals surface area contributed by atoms with Gasteiger partial charge in [0.05, 0.1) is 0 Å². The predicted molar refractivity (Wildman–Crippen MR) is 43.0 cm³/mol. The second-order valence-electron chi connectivity index (χ2n) is 2.55. The number of hydrogen-bond donors (Lipinski definition) is 1. The van der Waals surface area contributed by atoms with Gasteiger partial charge in [0.1, 0.15) is 0 Å². The van der Waals surface area contributed by atoms with E-state index >= 15 is 0 Å². The van der Waals surface area contributed by atoms with Crippen LogP contribution in [0, 0.1) is 0 Å². The van der Waals surface area contributed by atoms with Crippen molar-refractivity contribution in [2.45, 2.75) is 32.8 Å². The molecule has 1 unspecified atom stereocenters. The molecule has 0 aromatic rings. The molecule has 0 aliphatic rings. The Morgan fingerprint density at radius 2 is 2.00 bits per heavy atom. The summed E-state index contributed by atoms with van der Waals surface area (Å²) in [5.41, 5.74) is 0. The fraction of sp³-hybridized carbons (Fsp3) is 0.750. The summed E-state index contributed by atoms with van der Waals surface area (Å²) < 4.78 is 4.86. The summed E-state index contributed by atoms with van der Waals surface area (Å²) >= 11 is 0. The molecule has 74 valence electrons. The molecule has 0 radical (unpaired) electrons. The molecule has 0 fully saturated rings. The Labute approximate surface area is 96.8 Å². The van der Waals surface area contributed by atoms with Gasteiger partial charge >= 0.3 is 5.97 Å². The molecule has 0 spiro atoms. The van der Waals surface area contributed by atoms with Crippen LogP contribution in [0.15, 0.2) is 0 Å². The molecule has 13 heavy (non-hydrogen) atoms. The summed E-state index contributed by atoms with van der Waals surface area (Å²) in [6, 6.07) is 0. The summed E-state index contributed by atoms with van der Waals surface area (Å²) in [5.74, 6) is -1.67. The maximum atomic E-state index is 10.7. The Morgan fingerprint density at radius 1 is 1.46 bits per heavy atom. The number of Topliss-reactive ketones (excluding diaryl/α,β-unsaturated/α-hetero) is 1. The first-order chi connectivity index (χ1) is 5.59. The van der Waals surface area contributed by atoms with Gasteiger partial charge in [-0.2, -0.15) is 0 Å². The van der Waals surface area contributed by atoms with E-state index in [1.54, 1.807) is 0 Å². The number of carbonyl (C=O) groups is 2. The van der Waals surface area contributed by atoms with Gasteiger partial charge in [-0.3, -0.25) is 4.79 Å². The van der Waals surface area contributed by atoms with Gasteiger partial charge in [0, 0.05) is 32.8 Å². The fourth-order valence-electron chi connectivity index (χ4n) is 0.708. The first-order valence-corrected chi connectivity index (χ1v) is 3.94. The number of ketones is 1. The molecule has 0 aliphatic heterocycles. The number of carboxylic acid groups (broad SMARTS) is 1. The van der Waals surface area contributed by atoms with Gasteiger partial charge in [0.25, 0.3) is 0 Å². The van der Waals surface area contributed by atoms with Crippen molar-refractivity contribution >= 4 is 11.8 Å². The molecule has 1 N–H and O–H groups in total. The normalized spacial score (nSPS) is 11.5. The second-order valence-corrected chi connectivity index (χ2v) is 2.55. The molecule has 5 heteroatoms. The van der Waals surface area contributed by atoms with Crippen LogP contribution in [0.4, 0.5) is 0 Å². The predicted octanol–water partition coefficient (Wildman–Crippen LogP) is 0.843. The van der Waals surface area contributed by atoms with Crippen molar-refractivity contribution in [3.63, 3.8) is 0 Å². The van der Waals surface area contributed by atoms with Crippen molar-refractivity contribution in [3.8, 4) is 0 Å². The number of carboxylic acids is 1. The van der Waals surface area contributed by atoms with Gasteiger partial charge < -0.3 is 9.84 Å². The maximum Gasteiger partial charge on any atom is 0.340 e. The minimum Gasteiger partial charge on any atom is -0.479 e. The molecule has 0 saturated carbocycles. The SMILES string of the molecule is CCCCOC(C(C)=O)C(=O)O.[Zr]. The van der Waals surface area contributed by atoms with E-state index in [-0.39, 0.29) is 26.2 Å². The summed E-state index contributed by atoms with van der Waals surface area (Å²) in [5, 5.41) is 8.50. The average Bonchev–Trinajstić information content (AvgIpc) is 1.96. The van der Waals surface area contributed by atoms with Crippen LogP contribution in [-0.4, -0.2) is 29.6 Å². The van der Waals surface area contributed by atoms with Crippen LogP contribution < -0.4 is 0 Å². The van der Waals surface area contributed by atoms with E-state index in [1.165, 1.54) is 6.92 Å². The Morgan fingerprint density at radius 3 is 2.31 bits per heavy atom. The minimum absolute atomic E-state index is 0. The first kappa shape index (κ1) is 15.5. The van der Waals surface area contributed by atoms with Crippen LogP contribution in [0.3, 0.4) is 0 Å². The molecule has 1 atom stereocenters. The molecular formula is C8H14O4Zr. The summed E-state index contributed by atoms with van der Waals surface area (Å²) in [6.45, 7) is 3.50. The van der Waals surface area contributed by atoms with Gasteiger partial charge in [-0.15, -0.1) is 0 Å². The Balaban J connectivity index is 0. The summed E-state index contributed by atoms with van der Waals surface area (Å²) in [6.07, 6.45) is 0.415. The van der Waals surface area contributed by atoms with Crippen molar-refractivity contribution in [2.75, 3.05) is 6.61 Å². The topological polar surface area (TPSA) is 63.6 Å². The molecule has 0 heterocycles. The standard InChI is InChI=1S/C8H14O4.Zr/c1-3-4-5-12-7(6(2)9)8(10)11;/h7H,3-5H2,1-2H3,(H,10,11);. The Kier molecular flexibility index (Phi) is 10.2. The number of unbranched alkanes of at least 4 members (excludes halogenated alkanes) is 1. The molecule has 0 rings (SSSR count). The van der Waals surface area contributed by atoms with E-state index in [4.69, 9.17) is 9.84 Å². The van der Waals surface area contributed by atoms with Crippen LogP contribution in [0.1, 0.15) is 26.7 Å². The number of rotatable bonds is 6. The van der Waals surface area contributed by atoms with Crippen LogP contribution in [0.2, 0.25) is 0 Å². The molecule has 0 aliphatic carbocycles. The monoisotopic (exact) mass is 264 g/mol. The van der Waals surface area contributed by atoms with Crippen molar-refractivity contribution in [1.82, 2.24) is 0 Å². The smallest absolute Gasteiger partial charge is 0.340 e. The molecule has 0 bridgehead atoms. The van der Waals surface area contributed by atoms with E-state index in [9.17, 15) is 9.59 Å². The van der Waals surface area contributed by atoms with Crippen molar-refractivity contribution in [3.05, 3.63) is 0 Å². The van der Waals surface area contributed by atoms with E-state index < -0.39 is 17.9 Å². The Hall–Kier alpha value is -0.0169. The van der Waals surface area contributed by atoms with Gasteiger partial charge in [0.2, 0.25) is 6.10 Å². The first-order valence-electron chi connectivity index (χ1n) is 3.94. The van der Waals surface area contributed by atoms with Crippen molar-refractivity contribution in [1.29, 1.82) is 0 Å². The minimum atomic E-state index is -1.28. The van der Waals surface area contributed by atoms with Gasteiger partial charge in [-0.05, 0) is 13.3 Å². The number of aliphatic carboxylic acids is 1. The van der Waals surface area contributed by atoms with E-state index in [0.717, 1.165) is 12.8 Å². The van der Waals surface area contributed by atoms with Crippen molar-refractivity contribution < 1.29 is 45.6 Å². The summed E-state index contributed by atoms with van der Waals surface area (Å²) in [7, 11) is 0. The number of ether oxygens (including phenoxy) is 1. The number of carbonyl (C=O) groups excluding carboxylic acids is 1. The summed E-state index contributed by atoms with van der Waals surface area (Å²) in [4.78, 5) is 21.1. The molecule has 0 aromatic carbocycles. The third-order valence-corrected chi connectivity index (χ3v) is 1.38. The largest absolute Gasteiger partial charge is 0.479 e. The average molecular weight is 265 g/mol. The molecule has 0 amide bonds. The van der Waals surface area contributed by atoms with Crippen LogP contribution in [-0.2, 0) is 40.5 Å². The zero-order chi connectivity index (χ0) is 9.56. The zero-order valence-electron chi connectivity index (χ0n) is 7.87. The quantitative estimate of drug-likeness (QED) is 0.571. The van der Waals surface area contributed by atoms with Gasteiger partial charge in [-0.25, -0.2) is 4.79 Å². The number of hydrogen-bond acceptors (Lipinski definition) is 3. The van der Waals surface area contributed by atoms with E-state index in [0.29, 0.717) is 6.61 Å². The molecule has 4 nitrogen and oxygen atoms in total. The molecular weight excluding hydrogens is 251 g/mol. The van der Waals surface area contributed by atoms with Crippen LogP contribution in [0.5, 0.6) is 0 Å². The second kappa shape index (κ2) is 8.58. The van der Waals surface area contributed by atoms with E-state index in [1.807, 2.05) is 6.92 Å². The van der Waals surface area contributed by atoms with E-state index in [2.05, 4.69) is 0 Å². The Bertz CT molecular complexity index is 156. The molecule has 0 aromatic heterocycles.